The average Bonchev–Trinajstić information content (AvgIpc) is 2.67. The summed E-state index contributed by atoms with van der Waals surface area (Å²) in [6, 6.07) is 8.31. The molecule has 2 N–H and O–H groups in total. The van der Waals surface area contributed by atoms with Gasteiger partial charge in [0.1, 0.15) is 5.75 Å². The smallest absolute Gasteiger partial charge is 0.190 e. The van der Waals surface area contributed by atoms with Gasteiger partial charge in [0.05, 0.1) is 20.3 Å². The lowest BCUT2D eigenvalue weighted by molar-refractivity contribution is 0.153. The van der Waals surface area contributed by atoms with Gasteiger partial charge in [-0.15, -0.1) is 24.0 Å². The molecule has 0 aliphatic carbocycles. The molecule has 1 unspecified atom stereocenters. The highest BCUT2D eigenvalue weighted by molar-refractivity contribution is 14.0. The third-order valence-corrected chi connectivity index (χ3v) is 4.57. The van der Waals surface area contributed by atoms with Gasteiger partial charge in [-0.1, -0.05) is 30.7 Å². The molecule has 1 heterocycles. The third-order valence-electron chi connectivity index (χ3n) is 4.57. The maximum atomic E-state index is 5.33. The van der Waals surface area contributed by atoms with Gasteiger partial charge in [-0.2, -0.15) is 0 Å². The van der Waals surface area contributed by atoms with Crippen LogP contribution in [0.4, 0.5) is 0 Å². The van der Waals surface area contributed by atoms with Gasteiger partial charge in [-0.3, -0.25) is 4.99 Å². The van der Waals surface area contributed by atoms with E-state index < -0.39 is 0 Å². The van der Waals surface area contributed by atoms with Gasteiger partial charge in [-0.25, -0.2) is 0 Å². The third kappa shape index (κ3) is 7.95. The van der Waals surface area contributed by atoms with Crippen LogP contribution in [0.5, 0.6) is 5.75 Å². The van der Waals surface area contributed by atoms with Crippen LogP contribution < -0.4 is 15.4 Å². The number of nitrogens with zero attached hydrogens (tertiary/aromatic N) is 1. The van der Waals surface area contributed by atoms with Crippen LogP contribution >= 0.6 is 24.0 Å². The molecule has 26 heavy (non-hydrogen) atoms. The van der Waals surface area contributed by atoms with E-state index in [1.54, 1.807) is 7.11 Å². The molecule has 1 aliphatic rings. The second kappa shape index (κ2) is 13.0. The standard InChI is InChI=1S/C20H31N3O2.HI/c1-16(18-4-6-19(24-3)7-5-18)8-12-22-20(21-2)23-13-9-17-10-14-25-15-11-17;/h4-7,10,16H,8-9,11-15H2,1-3H3,(H2,21,22,23);1H. The number of rotatable bonds is 8. The Morgan fingerprint density at radius 3 is 2.58 bits per heavy atom. The predicted molar refractivity (Wildman–Crippen MR) is 119 cm³/mol. The van der Waals surface area contributed by atoms with Crippen molar-refractivity contribution in [3.8, 4) is 5.75 Å². The van der Waals surface area contributed by atoms with Crippen LogP contribution in [0.1, 0.15) is 37.7 Å². The van der Waals surface area contributed by atoms with Gasteiger partial charge in [0.25, 0.3) is 0 Å². The van der Waals surface area contributed by atoms with Crippen molar-refractivity contribution in [3.05, 3.63) is 41.5 Å². The minimum atomic E-state index is 0. The van der Waals surface area contributed by atoms with Crippen molar-refractivity contribution >= 4 is 29.9 Å². The van der Waals surface area contributed by atoms with Crippen LogP contribution in [0.15, 0.2) is 40.9 Å². The van der Waals surface area contributed by atoms with Gasteiger partial charge >= 0.3 is 0 Å². The van der Waals surface area contributed by atoms with E-state index in [4.69, 9.17) is 9.47 Å². The van der Waals surface area contributed by atoms with Gasteiger partial charge in [0, 0.05) is 20.1 Å². The summed E-state index contributed by atoms with van der Waals surface area (Å²) in [5.74, 6) is 2.26. The fourth-order valence-corrected chi connectivity index (χ4v) is 2.86. The quantitative estimate of drug-likeness (QED) is 0.262. The van der Waals surface area contributed by atoms with Crippen LogP contribution in [-0.2, 0) is 4.74 Å². The molecule has 0 amide bonds. The highest BCUT2D eigenvalue weighted by Gasteiger charge is 2.07. The Labute approximate surface area is 174 Å². The van der Waals surface area contributed by atoms with E-state index in [0.717, 1.165) is 57.3 Å². The highest BCUT2D eigenvalue weighted by Crippen LogP contribution is 2.21. The lowest BCUT2D eigenvalue weighted by Crippen LogP contribution is -2.38. The molecule has 0 fully saturated rings. The molecule has 0 aromatic heterocycles. The molecule has 0 saturated carbocycles. The minimum absolute atomic E-state index is 0. The van der Waals surface area contributed by atoms with Crippen molar-refractivity contribution in [3.63, 3.8) is 0 Å². The van der Waals surface area contributed by atoms with Crippen molar-refractivity contribution in [2.45, 2.75) is 32.1 Å². The summed E-state index contributed by atoms with van der Waals surface area (Å²) >= 11 is 0. The zero-order valence-electron chi connectivity index (χ0n) is 16.1. The molecule has 146 valence electrons. The van der Waals surface area contributed by atoms with Gasteiger partial charge in [0.15, 0.2) is 5.96 Å². The first-order valence-corrected chi connectivity index (χ1v) is 9.07. The number of guanidine groups is 1. The van der Waals surface area contributed by atoms with Crippen molar-refractivity contribution in [1.29, 1.82) is 0 Å². The number of aliphatic imine (C=N–C) groups is 1. The second-order valence-electron chi connectivity index (χ2n) is 6.33. The van der Waals surface area contributed by atoms with E-state index in [9.17, 15) is 0 Å². The van der Waals surface area contributed by atoms with Crippen LogP contribution in [0.25, 0.3) is 0 Å². The summed E-state index contributed by atoms with van der Waals surface area (Å²) in [5, 5.41) is 6.79. The normalized spacial score (nSPS) is 15.5. The number of halogens is 1. The lowest BCUT2D eigenvalue weighted by Gasteiger charge is -2.17. The number of ether oxygens (including phenoxy) is 2. The molecule has 1 aromatic rings. The Balaban J connectivity index is 0.00000338. The molecule has 0 spiro atoms. The van der Waals surface area contributed by atoms with E-state index in [1.807, 2.05) is 19.2 Å². The lowest BCUT2D eigenvalue weighted by atomic mass is 9.98. The average molecular weight is 473 g/mol. The largest absolute Gasteiger partial charge is 0.497 e. The molecular weight excluding hydrogens is 441 g/mol. The van der Waals surface area contributed by atoms with Crippen molar-refractivity contribution < 1.29 is 9.47 Å². The number of hydrogen-bond donors (Lipinski definition) is 2. The number of methoxy groups -OCH3 is 1. The van der Waals surface area contributed by atoms with Crippen LogP contribution in [0, 0.1) is 0 Å². The Morgan fingerprint density at radius 2 is 1.96 bits per heavy atom. The van der Waals surface area contributed by atoms with Crippen LogP contribution in [0.3, 0.4) is 0 Å². The van der Waals surface area contributed by atoms with Gasteiger partial charge < -0.3 is 20.1 Å². The highest BCUT2D eigenvalue weighted by atomic mass is 127. The Hall–Kier alpha value is -1.28. The summed E-state index contributed by atoms with van der Waals surface area (Å²) in [6.45, 7) is 5.65. The number of hydrogen-bond acceptors (Lipinski definition) is 3. The molecule has 1 atom stereocenters. The summed E-state index contributed by atoms with van der Waals surface area (Å²) in [5.41, 5.74) is 2.80. The molecular formula is C20H32IN3O2. The van der Waals surface area contributed by atoms with Crippen molar-refractivity contribution in [2.75, 3.05) is 40.5 Å². The SMILES string of the molecule is CN=C(NCCC1=CCOCC1)NCCC(C)c1ccc(OC)cc1.I. The van der Waals surface area contributed by atoms with Gasteiger partial charge in [-0.05, 0) is 42.9 Å². The zero-order valence-corrected chi connectivity index (χ0v) is 18.4. The first kappa shape index (κ1) is 22.8. The summed E-state index contributed by atoms with van der Waals surface area (Å²) in [7, 11) is 3.51. The molecule has 1 aliphatic heterocycles. The first-order chi connectivity index (χ1) is 12.2. The first-order valence-electron chi connectivity index (χ1n) is 9.07. The summed E-state index contributed by atoms with van der Waals surface area (Å²) in [6.07, 6.45) is 5.34. The molecule has 2 rings (SSSR count). The van der Waals surface area contributed by atoms with E-state index in [1.165, 1.54) is 11.1 Å². The topological polar surface area (TPSA) is 54.9 Å². The Bertz CT molecular complexity index is 573. The molecule has 5 nitrogen and oxygen atoms in total. The molecule has 0 saturated heterocycles. The van der Waals surface area contributed by atoms with E-state index in [0.29, 0.717) is 5.92 Å². The van der Waals surface area contributed by atoms with E-state index in [2.05, 4.69) is 40.8 Å². The maximum absolute atomic E-state index is 5.33. The van der Waals surface area contributed by atoms with E-state index in [-0.39, 0.29) is 24.0 Å². The monoisotopic (exact) mass is 473 g/mol. The molecule has 6 heteroatoms. The molecule has 0 radical (unpaired) electrons. The van der Waals surface area contributed by atoms with Crippen molar-refractivity contribution in [1.82, 2.24) is 10.6 Å². The predicted octanol–water partition coefficient (Wildman–Crippen LogP) is 3.71. The molecule has 0 bridgehead atoms. The summed E-state index contributed by atoms with van der Waals surface area (Å²) < 4.78 is 10.5. The fraction of sp³-hybridized carbons (Fsp3) is 0.550. The second-order valence-corrected chi connectivity index (χ2v) is 6.33. The summed E-state index contributed by atoms with van der Waals surface area (Å²) in [4.78, 5) is 4.30. The van der Waals surface area contributed by atoms with Crippen molar-refractivity contribution in [2.24, 2.45) is 4.99 Å². The Morgan fingerprint density at radius 1 is 1.23 bits per heavy atom. The molecule has 1 aromatic carbocycles. The minimum Gasteiger partial charge on any atom is -0.497 e. The Kier molecular flexibility index (Phi) is 11.4. The van der Waals surface area contributed by atoms with Gasteiger partial charge in [0.2, 0.25) is 0 Å². The number of benzene rings is 1. The maximum Gasteiger partial charge on any atom is 0.190 e. The van der Waals surface area contributed by atoms with Crippen LogP contribution in [0.2, 0.25) is 0 Å². The number of nitrogens with one attached hydrogen (secondary N) is 2. The van der Waals surface area contributed by atoms with E-state index >= 15 is 0 Å². The van der Waals surface area contributed by atoms with Crippen LogP contribution in [-0.4, -0.2) is 46.4 Å². The fourth-order valence-electron chi connectivity index (χ4n) is 2.86. The zero-order chi connectivity index (χ0) is 17.9.